The Morgan fingerprint density at radius 2 is 0.862 bits per heavy atom. The van der Waals surface area contributed by atoms with Gasteiger partial charge in [0.15, 0.2) is 0 Å². The SMILES string of the molecule is c1ccc(-n2c3ccccc3c3ccc(-c4nc5ccccc5nc4-c4cccc(-n5c6cccc7c8ccccc8c8c9ccccc9cc5c8c76)c4)cc32)cc1. The number of aromatic nitrogens is 4. The molecule has 0 radical (unpaired) electrons. The maximum Gasteiger partial charge on any atom is 0.0973 e. The van der Waals surface area contributed by atoms with Crippen molar-refractivity contribution in [3.05, 3.63) is 194 Å². The van der Waals surface area contributed by atoms with Gasteiger partial charge in [0.05, 0.1) is 44.5 Å². The van der Waals surface area contributed by atoms with Crippen LogP contribution in [0.1, 0.15) is 0 Å². The van der Waals surface area contributed by atoms with E-state index in [1.807, 2.05) is 12.1 Å². The molecule has 0 fully saturated rings. The van der Waals surface area contributed by atoms with Crippen LogP contribution in [0.25, 0.3) is 121 Å². The van der Waals surface area contributed by atoms with Crippen LogP contribution in [0, 0.1) is 0 Å². The summed E-state index contributed by atoms with van der Waals surface area (Å²) < 4.78 is 4.82. The molecule has 0 bridgehead atoms. The fraction of sp³-hybridized carbons (Fsp3) is 0. The number of para-hydroxylation sites is 4. The normalized spacial score (nSPS) is 12.1. The monoisotopic (exact) mass is 736 g/mol. The number of hydrogen-bond acceptors (Lipinski definition) is 2. The molecule has 3 heterocycles. The van der Waals surface area contributed by atoms with Gasteiger partial charge >= 0.3 is 0 Å². The zero-order chi connectivity index (χ0) is 37.9. The van der Waals surface area contributed by atoms with Crippen LogP contribution >= 0.6 is 0 Å². The average molecular weight is 737 g/mol. The lowest BCUT2D eigenvalue weighted by Gasteiger charge is -2.14. The quantitative estimate of drug-likeness (QED) is 0.169. The van der Waals surface area contributed by atoms with Crippen molar-refractivity contribution in [1.29, 1.82) is 0 Å². The molecule has 0 saturated carbocycles. The van der Waals surface area contributed by atoms with Crippen LogP contribution in [0.4, 0.5) is 0 Å². The van der Waals surface area contributed by atoms with Crippen LogP contribution in [0.2, 0.25) is 0 Å². The topological polar surface area (TPSA) is 35.6 Å². The summed E-state index contributed by atoms with van der Waals surface area (Å²) in [6.45, 7) is 0. The largest absolute Gasteiger partial charge is 0.309 e. The third kappa shape index (κ3) is 4.34. The number of fused-ring (bicyclic) bond motifs is 9. The van der Waals surface area contributed by atoms with Gasteiger partial charge in [0.1, 0.15) is 0 Å². The van der Waals surface area contributed by atoms with Crippen molar-refractivity contribution in [3.63, 3.8) is 0 Å². The lowest BCUT2D eigenvalue weighted by atomic mass is 9.91. The van der Waals surface area contributed by atoms with Crippen molar-refractivity contribution >= 4 is 87.0 Å². The van der Waals surface area contributed by atoms with E-state index in [0.29, 0.717) is 0 Å². The number of benzene rings is 10. The third-order valence-corrected chi connectivity index (χ3v) is 12.2. The minimum absolute atomic E-state index is 0.853. The molecule has 0 saturated heterocycles. The van der Waals surface area contributed by atoms with Gasteiger partial charge in [0.25, 0.3) is 0 Å². The summed E-state index contributed by atoms with van der Waals surface area (Å²) in [6, 6.07) is 69.9. The van der Waals surface area contributed by atoms with Crippen molar-refractivity contribution in [2.45, 2.75) is 0 Å². The molecule has 13 aromatic rings. The van der Waals surface area contributed by atoms with E-state index in [4.69, 9.17) is 9.97 Å². The van der Waals surface area contributed by atoms with Crippen LogP contribution in [0.5, 0.6) is 0 Å². The molecule has 0 N–H and O–H groups in total. The predicted molar refractivity (Wildman–Crippen MR) is 243 cm³/mol. The highest BCUT2D eigenvalue weighted by atomic mass is 15.0. The molecule has 0 spiro atoms. The molecule has 0 aliphatic carbocycles. The van der Waals surface area contributed by atoms with Crippen LogP contribution in [0.3, 0.4) is 0 Å². The fourth-order valence-electron chi connectivity index (χ4n) is 9.77. The Balaban J connectivity index is 1.08. The Morgan fingerprint density at radius 3 is 1.69 bits per heavy atom. The third-order valence-electron chi connectivity index (χ3n) is 12.2. The van der Waals surface area contributed by atoms with Crippen molar-refractivity contribution < 1.29 is 0 Å². The fourth-order valence-corrected chi connectivity index (χ4v) is 9.77. The van der Waals surface area contributed by atoms with Gasteiger partial charge in [-0.25, -0.2) is 9.97 Å². The van der Waals surface area contributed by atoms with Crippen molar-refractivity contribution in [2.75, 3.05) is 0 Å². The number of rotatable bonds is 4. The van der Waals surface area contributed by atoms with Gasteiger partial charge in [-0.1, -0.05) is 133 Å². The molecular weight excluding hydrogens is 705 g/mol. The molecular formula is C54H32N4. The summed E-state index contributed by atoms with van der Waals surface area (Å²) in [5.41, 5.74) is 12.4. The summed E-state index contributed by atoms with van der Waals surface area (Å²) in [5.74, 6) is 0. The van der Waals surface area contributed by atoms with Gasteiger partial charge in [0, 0.05) is 49.4 Å². The van der Waals surface area contributed by atoms with E-state index in [0.717, 1.165) is 50.4 Å². The molecule has 0 unspecified atom stereocenters. The summed E-state index contributed by atoms with van der Waals surface area (Å²) in [5, 5.41) is 12.7. The Bertz CT molecular complexity index is 3790. The number of nitrogens with zero attached hydrogens (tertiary/aromatic N) is 4. The molecule has 58 heavy (non-hydrogen) atoms. The van der Waals surface area contributed by atoms with Crippen LogP contribution in [-0.2, 0) is 0 Å². The molecule has 0 aliphatic heterocycles. The molecule has 3 aromatic heterocycles. The highest BCUT2D eigenvalue weighted by Crippen LogP contribution is 2.47. The van der Waals surface area contributed by atoms with Crippen molar-refractivity contribution in [3.8, 4) is 33.9 Å². The summed E-state index contributed by atoms with van der Waals surface area (Å²) in [6.07, 6.45) is 0. The maximum atomic E-state index is 5.40. The standard InChI is InChI=1S/C54H32N4/c1-2-16-36(17-3-1)57-46-26-11-8-21-40(46)41-29-28-35(32-48(41)57)54-53(55-44-24-9-10-25-45(44)56-54)34-15-12-18-37(30-34)58-47-27-13-23-43-39-20-6-7-22-42(39)50-38-19-5-4-14-33(38)31-49(58)52(50)51(43)47/h1-32H. The second kappa shape index (κ2) is 11.8. The Kier molecular flexibility index (Phi) is 6.41. The second-order valence-electron chi connectivity index (χ2n) is 15.3. The van der Waals surface area contributed by atoms with Gasteiger partial charge in [-0.15, -0.1) is 0 Å². The molecule has 4 nitrogen and oxygen atoms in total. The highest BCUT2D eigenvalue weighted by molar-refractivity contribution is 6.39. The van der Waals surface area contributed by atoms with E-state index in [2.05, 4.69) is 191 Å². The molecule has 13 rings (SSSR count). The first kappa shape index (κ1) is 31.4. The summed E-state index contributed by atoms with van der Waals surface area (Å²) in [7, 11) is 0. The molecule has 0 aliphatic rings. The van der Waals surface area contributed by atoms with E-state index in [9.17, 15) is 0 Å². The van der Waals surface area contributed by atoms with Crippen molar-refractivity contribution in [1.82, 2.24) is 19.1 Å². The highest BCUT2D eigenvalue weighted by Gasteiger charge is 2.23. The minimum Gasteiger partial charge on any atom is -0.309 e. The van der Waals surface area contributed by atoms with E-state index in [-0.39, 0.29) is 0 Å². The molecule has 0 amide bonds. The minimum atomic E-state index is 0.853. The van der Waals surface area contributed by atoms with Crippen molar-refractivity contribution in [2.24, 2.45) is 0 Å². The summed E-state index contributed by atoms with van der Waals surface area (Å²) >= 11 is 0. The van der Waals surface area contributed by atoms with Gasteiger partial charge < -0.3 is 9.13 Å². The first-order valence-corrected chi connectivity index (χ1v) is 19.8. The van der Waals surface area contributed by atoms with Crippen LogP contribution in [0.15, 0.2) is 194 Å². The maximum absolute atomic E-state index is 5.40. The number of hydrogen-bond donors (Lipinski definition) is 0. The van der Waals surface area contributed by atoms with Gasteiger partial charge in [-0.2, -0.15) is 0 Å². The van der Waals surface area contributed by atoms with E-state index >= 15 is 0 Å². The van der Waals surface area contributed by atoms with Gasteiger partial charge in [-0.05, 0) is 87.6 Å². The van der Waals surface area contributed by atoms with Gasteiger partial charge in [-0.3, -0.25) is 0 Å². The lowest BCUT2D eigenvalue weighted by molar-refractivity contribution is 1.18. The first-order valence-electron chi connectivity index (χ1n) is 19.8. The van der Waals surface area contributed by atoms with Crippen LogP contribution in [-0.4, -0.2) is 19.1 Å². The molecule has 4 heteroatoms. The average Bonchev–Trinajstić information content (AvgIpc) is 3.80. The van der Waals surface area contributed by atoms with E-state index < -0.39 is 0 Å². The Morgan fingerprint density at radius 1 is 0.293 bits per heavy atom. The Hall–Kier alpha value is -7.82. The zero-order valence-corrected chi connectivity index (χ0v) is 31.3. The lowest BCUT2D eigenvalue weighted by Crippen LogP contribution is -1.98. The Labute approximate surface area is 332 Å². The smallest absolute Gasteiger partial charge is 0.0973 e. The molecule has 268 valence electrons. The summed E-state index contributed by atoms with van der Waals surface area (Å²) in [4.78, 5) is 10.8. The predicted octanol–water partition coefficient (Wildman–Crippen LogP) is 14.1. The second-order valence-corrected chi connectivity index (χ2v) is 15.3. The van der Waals surface area contributed by atoms with E-state index in [1.165, 1.54) is 70.4 Å². The molecule has 0 atom stereocenters. The molecule has 10 aromatic carbocycles. The first-order chi connectivity index (χ1) is 28.8. The van der Waals surface area contributed by atoms with E-state index in [1.54, 1.807) is 0 Å². The van der Waals surface area contributed by atoms with Crippen LogP contribution < -0.4 is 0 Å². The zero-order valence-electron chi connectivity index (χ0n) is 31.3. The van der Waals surface area contributed by atoms with Gasteiger partial charge in [0.2, 0.25) is 0 Å².